The summed E-state index contributed by atoms with van der Waals surface area (Å²) in [7, 11) is -1.75. The molecule has 1 aliphatic carbocycles. The lowest BCUT2D eigenvalue weighted by atomic mass is 9.79. The van der Waals surface area contributed by atoms with Gasteiger partial charge in [0, 0.05) is 18.7 Å². The number of hydrogen-bond acceptors (Lipinski definition) is 3. The van der Waals surface area contributed by atoms with Gasteiger partial charge in [-0.15, -0.1) is 0 Å². The maximum Gasteiger partial charge on any atom is 0.200 e. The molecule has 1 aromatic heterocycles. The van der Waals surface area contributed by atoms with E-state index in [0.29, 0.717) is 28.5 Å². The summed E-state index contributed by atoms with van der Waals surface area (Å²) in [5, 5.41) is 0. The predicted molar refractivity (Wildman–Crippen MR) is 112 cm³/mol. The molecule has 0 unspecified atom stereocenters. The number of aromatic amines is 1. The molecule has 2 aliphatic rings. The third-order valence-corrected chi connectivity index (χ3v) is 12.9. The molecule has 3 rings (SSSR count). The summed E-state index contributed by atoms with van der Waals surface area (Å²) >= 11 is 0. The molecule has 1 N–H and O–H groups in total. The van der Waals surface area contributed by atoms with Gasteiger partial charge in [0.05, 0.1) is 12.0 Å². The van der Waals surface area contributed by atoms with Crippen LogP contribution in [0.3, 0.4) is 0 Å². The van der Waals surface area contributed by atoms with Crippen LogP contribution in [0.5, 0.6) is 0 Å². The van der Waals surface area contributed by atoms with Crippen molar-refractivity contribution in [3.05, 3.63) is 12.0 Å². The zero-order valence-corrected chi connectivity index (χ0v) is 18.5. The molecule has 146 valence electrons. The van der Waals surface area contributed by atoms with Crippen molar-refractivity contribution in [3.63, 3.8) is 0 Å². The summed E-state index contributed by atoms with van der Waals surface area (Å²) in [6.45, 7) is 15.2. The van der Waals surface area contributed by atoms with Gasteiger partial charge in [0.25, 0.3) is 0 Å². The fourth-order valence-electron chi connectivity index (χ4n) is 5.64. The maximum absolute atomic E-state index is 6.89. The number of nitrogens with zero attached hydrogens (tertiary/aromatic N) is 2. The minimum atomic E-state index is -1.75. The van der Waals surface area contributed by atoms with E-state index in [1.165, 1.54) is 37.1 Å². The standard InChI is InChI=1S/C21H37N3OSi/c1-14(2)26(15(3)4,16(5)6)25-12-17-8-7-9-18(10-17)19-11-20-21(24-19)23-13-22-20/h13-18H,7-12H2,1-6H3,(H,22,23)/t17-,18+/m0/s1. The molecule has 4 nitrogen and oxygen atoms in total. The molecule has 0 radical (unpaired) electrons. The zero-order chi connectivity index (χ0) is 18.9. The third kappa shape index (κ3) is 3.70. The minimum Gasteiger partial charge on any atom is -0.416 e. The molecule has 1 aromatic rings. The molecule has 2 atom stereocenters. The van der Waals surface area contributed by atoms with E-state index in [0.717, 1.165) is 18.8 Å². The number of aromatic nitrogens is 2. The van der Waals surface area contributed by atoms with E-state index in [-0.39, 0.29) is 0 Å². The number of nitrogens with one attached hydrogen (secondary N) is 1. The van der Waals surface area contributed by atoms with Gasteiger partial charge in [-0.3, -0.25) is 0 Å². The van der Waals surface area contributed by atoms with Gasteiger partial charge < -0.3 is 9.41 Å². The van der Waals surface area contributed by atoms with Crippen LogP contribution in [0.4, 0.5) is 5.82 Å². The van der Waals surface area contributed by atoms with E-state index in [2.05, 4.69) is 51.5 Å². The number of fused-ring (bicyclic) bond motifs is 1. The Bertz CT molecular complexity index is 613. The largest absolute Gasteiger partial charge is 0.416 e. The summed E-state index contributed by atoms with van der Waals surface area (Å²) in [5.41, 5.74) is 4.54. The molecular formula is C21H37N3OSi. The molecule has 26 heavy (non-hydrogen) atoms. The Morgan fingerprint density at radius 1 is 1.12 bits per heavy atom. The van der Waals surface area contributed by atoms with Crippen molar-refractivity contribution in [3.8, 4) is 0 Å². The predicted octanol–water partition coefficient (Wildman–Crippen LogP) is 6.04. The maximum atomic E-state index is 6.89. The number of rotatable bonds is 7. The van der Waals surface area contributed by atoms with Gasteiger partial charge in [-0.25, -0.2) is 9.98 Å². The van der Waals surface area contributed by atoms with Gasteiger partial charge in [0.2, 0.25) is 0 Å². The highest BCUT2D eigenvalue weighted by Crippen LogP contribution is 2.43. The van der Waals surface area contributed by atoms with Crippen LogP contribution in [0, 0.1) is 11.8 Å². The van der Waals surface area contributed by atoms with Gasteiger partial charge in [0.1, 0.15) is 0 Å². The van der Waals surface area contributed by atoms with Crippen LogP contribution in [0.2, 0.25) is 16.6 Å². The van der Waals surface area contributed by atoms with E-state index in [1.807, 2.05) is 0 Å². The quantitative estimate of drug-likeness (QED) is 0.591. The van der Waals surface area contributed by atoms with Crippen molar-refractivity contribution in [2.45, 2.75) is 90.3 Å². The SMILES string of the molecule is CC(C)[Si](OC[C@H]1CCC[C@@H](C2=Nc3nc[nH]c3C2)C1)(C(C)C)C(C)C. The Balaban J connectivity index is 1.62. The van der Waals surface area contributed by atoms with Crippen LogP contribution in [0.25, 0.3) is 0 Å². The second-order valence-electron chi connectivity index (χ2n) is 9.34. The summed E-state index contributed by atoms with van der Waals surface area (Å²) in [5.74, 6) is 2.23. The number of H-pyrrole nitrogens is 1. The molecule has 0 saturated heterocycles. The van der Waals surface area contributed by atoms with Crippen molar-refractivity contribution in [1.82, 2.24) is 9.97 Å². The van der Waals surface area contributed by atoms with Crippen LogP contribution in [-0.2, 0) is 10.8 Å². The lowest BCUT2D eigenvalue weighted by Gasteiger charge is -2.43. The number of hydrogen-bond donors (Lipinski definition) is 1. The third-order valence-electron chi connectivity index (χ3n) is 6.83. The topological polar surface area (TPSA) is 50.3 Å². The summed E-state index contributed by atoms with van der Waals surface area (Å²) in [6.07, 6.45) is 7.86. The second-order valence-corrected chi connectivity index (χ2v) is 14.8. The summed E-state index contributed by atoms with van der Waals surface area (Å²) < 4.78 is 6.89. The first-order chi connectivity index (χ1) is 12.3. The second kappa shape index (κ2) is 7.97. The van der Waals surface area contributed by atoms with Crippen molar-refractivity contribution in [1.29, 1.82) is 0 Å². The normalized spacial score (nSPS) is 23.8. The van der Waals surface area contributed by atoms with Gasteiger partial charge in [-0.05, 0) is 47.7 Å². The molecular weight excluding hydrogens is 338 g/mol. The minimum absolute atomic E-state index is 0.619. The van der Waals surface area contributed by atoms with Crippen LogP contribution < -0.4 is 0 Å². The Morgan fingerprint density at radius 3 is 2.42 bits per heavy atom. The lowest BCUT2D eigenvalue weighted by molar-refractivity contribution is 0.176. The first-order valence-electron chi connectivity index (χ1n) is 10.6. The van der Waals surface area contributed by atoms with Crippen molar-refractivity contribution in [2.24, 2.45) is 16.8 Å². The highest BCUT2D eigenvalue weighted by molar-refractivity contribution is 6.77. The highest BCUT2D eigenvalue weighted by atomic mass is 28.4. The number of aliphatic imine (C=N–C) groups is 1. The van der Waals surface area contributed by atoms with Crippen LogP contribution in [0.15, 0.2) is 11.3 Å². The van der Waals surface area contributed by atoms with E-state index in [1.54, 1.807) is 6.33 Å². The molecule has 0 bridgehead atoms. The first-order valence-corrected chi connectivity index (χ1v) is 12.7. The zero-order valence-electron chi connectivity index (χ0n) is 17.5. The average Bonchev–Trinajstić information content (AvgIpc) is 3.16. The molecule has 2 heterocycles. The Kier molecular flexibility index (Phi) is 6.07. The van der Waals surface area contributed by atoms with Crippen molar-refractivity contribution < 1.29 is 4.43 Å². The van der Waals surface area contributed by atoms with Gasteiger partial charge in [-0.2, -0.15) is 0 Å². The number of imidazole rings is 1. The van der Waals surface area contributed by atoms with Gasteiger partial charge in [0.15, 0.2) is 14.1 Å². The fourth-order valence-corrected chi connectivity index (χ4v) is 11.2. The molecule has 5 heteroatoms. The van der Waals surface area contributed by atoms with Gasteiger partial charge >= 0.3 is 0 Å². The van der Waals surface area contributed by atoms with Crippen LogP contribution >= 0.6 is 0 Å². The van der Waals surface area contributed by atoms with Gasteiger partial charge in [-0.1, -0.05) is 48.0 Å². The van der Waals surface area contributed by atoms with E-state index in [4.69, 9.17) is 9.42 Å². The Labute approximate surface area is 160 Å². The Morgan fingerprint density at radius 2 is 1.81 bits per heavy atom. The van der Waals surface area contributed by atoms with Crippen molar-refractivity contribution in [2.75, 3.05) is 6.61 Å². The molecule has 0 aromatic carbocycles. The molecule has 0 spiro atoms. The molecule has 1 saturated carbocycles. The molecule has 0 amide bonds. The highest BCUT2D eigenvalue weighted by Gasteiger charge is 2.45. The average molecular weight is 376 g/mol. The lowest BCUT2D eigenvalue weighted by Crippen LogP contribution is -2.48. The van der Waals surface area contributed by atoms with Crippen molar-refractivity contribution >= 4 is 19.8 Å². The van der Waals surface area contributed by atoms with E-state index in [9.17, 15) is 0 Å². The monoisotopic (exact) mass is 375 g/mol. The van der Waals surface area contributed by atoms with Crippen LogP contribution in [-0.4, -0.2) is 30.6 Å². The molecule has 1 aliphatic heterocycles. The van der Waals surface area contributed by atoms with Crippen LogP contribution in [0.1, 0.15) is 72.9 Å². The smallest absolute Gasteiger partial charge is 0.200 e. The molecule has 1 fully saturated rings. The summed E-state index contributed by atoms with van der Waals surface area (Å²) in [6, 6.07) is 0. The van der Waals surface area contributed by atoms with E-state index >= 15 is 0 Å². The van der Waals surface area contributed by atoms with E-state index < -0.39 is 8.32 Å². The summed E-state index contributed by atoms with van der Waals surface area (Å²) in [4.78, 5) is 12.4. The first kappa shape index (κ1) is 19.8. The fraction of sp³-hybridized carbons (Fsp3) is 0.810. The Hall–Kier alpha value is -0.943.